The third-order valence-electron chi connectivity index (χ3n) is 2.61. The lowest BCUT2D eigenvalue weighted by Gasteiger charge is -2.15. The van der Waals surface area contributed by atoms with E-state index in [0.717, 1.165) is 0 Å². The molecule has 0 aromatic carbocycles. The summed E-state index contributed by atoms with van der Waals surface area (Å²) in [6.45, 7) is 0. The van der Waals surface area contributed by atoms with Crippen LogP contribution in [0.4, 0.5) is 0 Å². The zero-order valence-corrected chi connectivity index (χ0v) is 8.82. The van der Waals surface area contributed by atoms with Gasteiger partial charge in [0.1, 0.15) is 5.76 Å². The average Bonchev–Trinajstić information content (AvgIpc) is 2.83. The van der Waals surface area contributed by atoms with Gasteiger partial charge in [0.05, 0.1) is 5.41 Å². The number of rotatable bonds is 3. The number of aliphatic hydroxyl groups is 1. The van der Waals surface area contributed by atoms with Crippen molar-refractivity contribution in [3.05, 3.63) is 22.6 Å². The lowest BCUT2D eigenvalue weighted by Crippen LogP contribution is -2.33. The van der Waals surface area contributed by atoms with Crippen LogP contribution in [0, 0.1) is 0 Å². The van der Waals surface area contributed by atoms with Crippen molar-refractivity contribution in [3.63, 3.8) is 0 Å². The summed E-state index contributed by atoms with van der Waals surface area (Å²) in [7, 11) is 0. The molecule has 1 saturated carbocycles. The van der Waals surface area contributed by atoms with Crippen LogP contribution in [0.15, 0.2) is 21.2 Å². The van der Waals surface area contributed by atoms with E-state index in [0.29, 0.717) is 23.3 Å². The second-order valence-electron chi connectivity index (χ2n) is 3.50. The van der Waals surface area contributed by atoms with E-state index < -0.39 is 17.5 Å². The van der Waals surface area contributed by atoms with Crippen LogP contribution in [-0.2, 0) is 10.2 Å². The highest BCUT2D eigenvalue weighted by atomic mass is 79.9. The zero-order chi connectivity index (χ0) is 10.3. The first-order chi connectivity index (χ1) is 6.56. The van der Waals surface area contributed by atoms with E-state index in [-0.39, 0.29) is 0 Å². The van der Waals surface area contributed by atoms with E-state index in [2.05, 4.69) is 15.9 Å². The molecule has 14 heavy (non-hydrogen) atoms. The lowest BCUT2D eigenvalue weighted by atomic mass is 9.96. The Morgan fingerprint density at radius 2 is 2.21 bits per heavy atom. The smallest absolute Gasteiger partial charge is 0.333 e. The van der Waals surface area contributed by atoms with Gasteiger partial charge in [0.25, 0.3) is 0 Å². The summed E-state index contributed by atoms with van der Waals surface area (Å²) in [6.07, 6.45) is -0.0681. The number of carboxylic acid groups (broad SMARTS) is 1. The Morgan fingerprint density at radius 3 is 2.57 bits per heavy atom. The molecule has 0 aliphatic heterocycles. The summed E-state index contributed by atoms with van der Waals surface area (Å²) in [6, 6.07) is 3.40. The standard InChI is InChI=1S/C9H9BrO4/c10-6-2-1-5(14-6)9(3-4-9)7(11)8(12)13/h1-2,7,11H,3-4H2,(H,12,13). The zero-order valence-electron chi connectivity index (χ0n) is 7.24. The van der Waals surface area contributed by atoms with Crippen molar-refractivity contribution in [3.8, 4) is 0 Å². The molecule has 1 unspecified atom stereocenters. The van der Waals surface area contributed by atoms with Gasteiger partial charge in [0, 0.05) is 0 Å². The predicted octanol–water partition coefficient (Wildman–Crippen LogP) is 1.52. The first-order valence-corrected chi connectivity index (χ1v) is 5.02. The maximum Gasteiger partial charge on any atom is 0.333 e. The molecule has 1 fully saturated rings. The van der Waals surface area contributed by atoms with Crippen LogP contribution in [0.5, 0.6) is 0 Å². The fourth-order valence-electron chi connectivity index (χ4n) is 1.61. The Morgan fingerprint density at radius 1 is 1.57 bits per heavy atom. The van der Waals surface area contributed by atoms with E-state index in [1.807, 2.05) is 0 Å². The van der Waals surface area contributed by atoms with Gasteiger partial charge >= 0.3 is 5.97 Å². The third-order valence-corrected chi connectivity index (χ3v) is 3.04. The van der Waals surface area contributed by atoms with Gasteiger partial charge < -0.3 is 14.6 Å². The molecule has 1 aliphatic rings. The van der Waals surface area contributed by atoms with Gasteiger partial charge in [-0.1, -0.05) is 0 Å². The molecule has 1 aliphatic carbocycles. The minimum absolute atomic E-state index is 0.541. The van der Waals surface area contributed by atoms with Crippen molar-refractivity contribution in [1.29, 1.82) is 0 Å². The molecule has 1 aromatic rings. The van der Waals surface area contributed by atoms with E-state index in [4.69, 9.17) is 9.52 Å². The molecule has 2 rings (SSSR count). The van der Waals surface area contributed by atoms with Gasteiger partial charge in [-0.2, -0.15) is 0 Å². The highest BCUT2D eigenvalue weighted by molar-refractivity contribution is 9.10. The van der Waals surface area contributed by atoms with Crippen LogP contribution < -0.4 is 0 Å². The summed E-state index contributed by atoms with van der Waals surface area (Å²) >= 11 is 3.14. The molecule has 0 spiro atoms. The molecular formula is C9H9BrO4. The molecule has 5 heteroatoms. The number of halogens is 1. The predicted molar refractivity (Wildman–Crippen MR) is 51.0 cm³/mol. The molecule has 0 radical (unpaired) electrons. The van der Waals surface area contributed by atoms with Gasteiger partial charge in [-0.05, 0) is 40.9 Å². The largest absolute Gasteiger partial charge is 0.479 e. The van der Waals surface area contributed by atoms with Crippen LogP contribution in [0.2, 0.25) is 0 Å². The summed E-state index contributed by atoms with van der Waals surface area (Å²) in [5.41, 5.74) is -0.697. The molecular weight excluding hydrogens is 252 g/mol. The second-order valence-corrected chi connectivity index (χ2v) is 4.28. The third kappa shape index (κ3) is 1.36. The monoisotopic (exact) mass is 260 g/mol. The fraction of sp³-hybridized carbons (Fsp3) is 0.444. The molecule has 1 aromatic heterocycles. The minimum atomic E-state index is -1.37. The van der Waals surface area contributed by atoms with E-state index in [1.54, 1.807) is 12.1 Å². The number of hydrogen-bond acceptors (Lipinski definition) is 3. The first kappa shape index (κ1) is 9.73. The first-order valence-electron chi connectivity index (χ1n) is 4.23. The minimum Gasteiger partial charge on any atom is -0.479 e. The summed E-state index contributed by atoms with van der Waals surface area (Å²) in [5, 5.41) is 18.2. The van der Waals surface area contributed by atoms with Crippen LogP contribution in [0.3, 0.4) is 0 Å². The summed E-state index contributed by atoms with van der Waals surface area (Å²) in [5.74, 6) is -0.658. The summed E-state index contributed by atoms with van der Waals surface area (Å²) < 4.78 is 5.83. The molecule has 76 valence electrons. The Bertz CT molecular complexity index is 367. The lowest BCUT2D eigenvalue weighted by molar-refractivity contribution is -0.148. The van der Waals surface area contributed by atoms with Crippen LogP contribution >= 0.6 is 15.9 Å². The summed E-state index contributed by atoms with van der Waals surface area (Å²) in [4.78, 5) is 10.7. The molecule has 4 nitrogen and oxygen atoms in total. The maximum absolute atomic E-state index is 10.7. The van der Waals surface area contributed by atoms with E-state index in [9.17, 15) is 9.90 Å². The van der Waals surface area contributed by atoms with Crippen LogP contribution in [-0.4, -0.2) is 22.3 Å². The van der Waals surface area contributed by atoms with Gasteiger partial charge in [-0.25, -0.2) is 4.79 Å². The van der Waals surface area contributed by atoms with Gasteiger partial charge in [0.15, 0.2) is 10.8 Å². The normalized spacial score (nSPS) is 20.4. The highest BCUT2D eigenvalue weighted by Crippen LogP contribution is 2.51. The van der Waals surface area contributed by atoms with Crippen LogP contribution in [0.1, 0.15) is 18.6 Å². The maximum atomic E-state index is 10.7. The average molecular weight is 261 g/mol. The van der Waals surface area contributed by atoms with E-state index >= 15 is 0 Å². The molecule has 1 heterocycles. The molecule has 0 amide bonds. The Hall–Kier alpha value is -0.810. The SMILES string of the molecule is O=C(O)C(O)C1(c2ccc(Br)o2)CC1. The van der Waals surface area contributed by atoms with Gasteiger partial charge in [-0.3, -0.25) is 0 Å². The quantitative estimate of drug-likeness (QED) is 0.865. The number of carbonyl (C=O) groups is 1. The van der Waals surface area contributed by atoms with E-state index in [1.165, 1.54) is 0 Å². The van der Waals surface area contributed by atoms with Crippen LogP contribution in [0.25, 0.3) is 0 Å². The Kier molecular flexibility index (Phi) is 2.16. The fourth-order valence-corrected chi connectivity index (χ4v) is 1.91. The van der Waals surface area contributed by atoms with Crippen molar-refractivity contribution < 1.29 is 19.4 Å². The van der Waals surface area contributed by atoms with Crippen molar-refractivity contribution in [1.82, 2.24) is 0 Å². The Labute approximate surface area is 88.7 Å². The number of carboxylic acids is 1. The van der Waals surface area contributed by atoms with Gasteiger partial charge in [0.2, 0.25) is 0 Å². The molecule has 2 N–H and O–H groups in total. The Balaban J connectivity index is 2.29. The number of aliphatic hydroxyl groups excluding tert-OH is 1. The van der Waals surface area contributed by atoms with Crippen molar-refractivity contribution >= 4 is 21.9 Å². The second kappa shape index (κ2) is 3.10. The molecule has 0 saturated heterocycles. The number of furan rings is 1. The number of aliphatic carboxylic acids is 1. The van der Waals surface area contributed by atoms with Crippen molar-refractivity contribution in [2.45, 2.75) is 24.4 Å². The topological polar surface area (TPSA) is 70.7 Å². The highest BCUT2D eigenvalue weighted by Gasteiger charge is 2.55. The van der Waals surface area contributed by atoms with Gasteiger partial charge in [-0.15, -0.1) is 0 Å². The molecule has 0 bridgehead atoms. The molecule has 1 atom stereocenters. The van der Waals surface area contributed by atoms with Crippen molar-refractivity contribution in [2.75, 3.05) is 0 Å². The number of hydrogen-bond donors (Lipinski definition) is 2. The van der Waals surface area contributed by atoms with Crippen molar-refractivity contribution in [2.24, 2.45) is 0 Å².